The molecule has 0 saturated carbocycles. The SMILES string of the molecule is CCN(C(=O)C1CCCc2ccccc21)C1CCS(=O)(=O)C1. The maximum atomic E-state index is 13.0. The Morgan fingerprint density at radius 1 is 1.27 bits per heavy atom. The van der Waals surface area contributed by atoms with Crippen LogP contribution in [0.3, 0.4) is 0 Å². The van der Waals surface area contributed by atoms with Crippen LogP contribution in [0.2, 0.25) is 0 Å². The molecule has 1 saturated heterocycles. The van der Waals surface area contributed by atoms with Crippen molar-refractivity contribution in [2.24, 2.45) is 0 Å². The highest BCUT2D eigenvalue weighted by atomic mass is 32.2. The summed E-state index contributed by atoms with van der Waals surface area (Å²) in [5.41, 5.74) is 2.40. The van der Waals surface area contributed by atoms with Crippen molar-refractivity contribution in [3.05, 3.63) is 35.4 Å². The summed E-state index contributed by atoms with van der Waals surface area (Å²) in [6, 6.07) is 8.02. The highest BCUT2D eigenvalue weighted by Crippen LogP contribution is 2.34. The second kappa shape index (κ2) is 6.03. The number of hydrogen-bond acceptors (Lipinski definition) is 3. The summed E-state index contributed by atoms with van der Waals surface area (Å²) in [5.74, 6) is 0.342. The van der Waals surface area contributed by atoms with Gasteiger partial charge in [0.25, 0.3) is 0 Å². The molecule has 0 bridgehead atoms. The van der Waals surface area contributed by atoms with Crippen molar-refractivity contribution in [1.82, 2.24) is 4.90 Å². The molecule has 1 aromatic rings. The predicted octanol–water partition coefficient (Wildman–Crippen LogP) is 2.14. The number of carbonyl (C=O) groups is 1. The first-order valence-electron chi connectivity index (χ1n) is 8.10. The molecule has 0 radical (unpaired) electrons. The molecule has 2 atom stereocenters. The third kappa shape index (κ3) is 2.91. The topological polar surface area (TPSA) is 54.5 Å². The standard InChI is InChI=1S/C17H23NO3S/c1-2-18(14-10-11-22(20,21)12-14)17(19)16-9-5-7-13-6-3-4-8-15(13)16/h3-4,6,8,14,16H,2,5,7,9-12H2,1H3. The van der Waals surface area contributed by atoms with Crippen LogP contribution in [-0.2, 0) is 21.1 Å². The van der Waals surface area contributed by atoms with E-state index in [1.165, 1.54) is 5.56 Å². The first-order chi connectivity index (χ1) is 10.5. The first-order valence-corrected chi connectivity index (χ1v) is 9.92. The highest BCUT2D eigenvalue weighted by Gasteiger charge is 2.37. The van der Waals surface area contributed by atoms with Gasteiger partial charge in [0.05, 0.1) is 17.4 Å². The molecule has 2 aliphatic rings. The van der Waals surface area contributed by atoms with E-state index in [9.17, 15) is 13.2 Å². The minimum Gasteiger partial charge on any atom is -0.338 e. The molecule has 0 spiro atoms. The molecule has 1 amide bonds. The Balaban J connectivity index is 1.84. The van der Waals surface area contributed by atoms with Crippen LogP contribution in [-0.4, -0.2) is 43.3 Å². The second-order valence-corrected chi connectivity index (χ2v) is 8.55. The molecule has 4 nitrogen and oxygen atoms in total. The Kier molecular flexibility index (Phi) is 4.26. The Labute approximate surface area is 132 Å². The molecule has 1 aromatic carbocycles. The fourth-order valence-corrected chi connectivity index (χ4v) is 5.56. The van der Waals surface area contributed by atoms with Gasteiger partial charge in [0.15, 0.2) is 9.84 Å². The van der Waals surface area contributed by atoms with Gasteiger partial charge >= 0.3 is 0 Å². The van der Waals surface area contributed by atoms with Gasteiger partial charge in [-0.25, -0.2) is 8.42 Å². The number of likely N-dealkylation sites (N-methyl/N-ethyl adjacent to an activating group) is 1. The Morgan fingerprint density at radius 2 is 2.05 bits per heavy atom. The summed E-state index contributed by atoms with van der Waals surface area (Å²) in [4.78, 5) is 14.8. The lowest BCUT2D eigenvalue weighted by atomic mass is 9.82. The average Bonchev–Trinajstić information content (AvgIpc) is 2.87. The molecule has 1 aliphatic carbocycles. The van der Waals surface area contributed by atoms with E-state index in [0.717, 1.165) is 24.8 Å². The fourth-order valence-electron chi connectivity index (χ4n) is 3.83. The minimum absolute atomic E-state index is 0.104. The number of sulfone groups is 1. The summed E-state index contributed by atoms with van der Waals surface area (Å²) < 4.78 is 23.4. The van der Waals surface area contributed by atoms with Crippen LogP contribution in [0.5, 0.6) is 0 Å². The van der Waals surface area contributed by atoms with Crippen molar-refractivity contribution in [3.63, 3.8) is 0 Å². The summed E-state index contributed by atoms with van der Waals surface area (Å²) in [6.07, 6.45) is 3.50. The van der Waals surface area contributed by atoms with E-state index in [1.54, 1.807) is 4.90 Å². The van der Waals surface area contributed by atoms with E-state index in [-0.39, 0.29) is 29.4 Å². The number of rotatable bonds is 3. The smallest absolute Gasteiger partial charge is 0.230 e. The maximum absolute atomic E-state index is 13.0. The fraction of sp³-hybridized carbons (Fsp3) is 0.588. The zero-order chi connectivity index (χ0) is 15.7. The van der Waals surface area contributed by atoms with E-state index >= 15 is 0 Å². The quantitative estimate of drug-likeness (QED) is 0.857. The summed E-state index contributed by atoms with van der Waals surface area (Å²) in [7, 11) is -2.97. The molecule has 1 heterocycles. The van der Waals surface area contributed by atoms with Gasteiger partial charge in [0.1, 0.15) is 0 Å². The average molecular weight is 321 g/mol. The van der Waals surface area contributed by atoms with Crippen LogP contribution in [0.25, 0.3) is 0 Å². The van der Waals surface area contributed by atoms with Gasteiger partial charge in [-0.1, -0.05) is 24.3 Å². The number of aryl methyl sites for hydroxylation is 1. The molecule has 5 heteroatoms. The largest absolute Gasteiger partial charge is 0.338 e. The highest BCUT2D eigenvalue weighted by molar-refractivity contribution is 7.91. The van der Waals surface area contributed by atoms with Gasteiger partial charge < -0.3 is 4.90 Å². The van der Waals surface area contributed by atoms with Crippen LogP contribution in [0.4, 0.5) is 0 Å². The van der Waals surface area contributed by atoms with E-state index in [4.69, 9.17) is 0 Å². The third-order valence-corrected chi connectivity index (χ3v) is 6.69. The summed E-state index contributed by atoms with van der Waals surface area (Å²) in [5, 5.41) is 0. The van der Waals surface area contributed by atoms with Gasteiger partial charge in [0.2, 0.25) is 5.91 Å². The monoisotopic (exact) mass is 321 g/mol. The van der Waals surface area contributed by atoms with Crippen LogP contribution in [0, 0.1) is 0 Å². The molecule has 1 fully saturated rings. The number of benzene rings is 1. The molecule has 120 valence electrons. The van der Waals surface area contributed by atoms with E-state index in [0.29, 0.717) is 13.0 Å². The van der Waals surface area contributed by atoms with Crippen LogP contribution >= 0.6 is 0 Å². The maximum Gasteiger partial charge on any atom is 0.230 e. The van der Waals surface area contributed by atoms with Crippen LogP contribution < -0.4 is 0 Å². The molecule has 3 rings (SSSR count). The summed E-state index contributed by atoms with van der Waals surface area (Å²) >= 11 is 0. The van der Waals surface area contributed by atoms with E-state index in [1.807, 2.05) is 19.1 Å². The molecule has 2 unspecified atom stereocenters. The Hall–Kier alpha value is -1.36. The second-order valence-electron chi connectivity index (χ2n) is 6.32. The zero-order valence-electron chi connectivity index (χ0n) is 13.0. The molecule has 1 aliphatic heterocycles. The van der Waals surface area contributed by atoms with Crippen molar-refractivity contribution in [1.29, 1.82) is 0 Å². The van der Waals surface area contributed by atoms with Crippen molar-refractivity contribution in [2.45, 2.75) is 44.6 Å². The molecule has 0 N–H and O–H groups in total. The number of fused-ring (bicyclic) bond motifs is 1. The Morgan fingerprint density at radius 3 is 2.73 bits per heavy atom. The normalized spacial score (nSPS) is 26.4. The van der Waals surface area contributed by atoms with Crippen LogP contribution in [0.1, 0.15) is 43.2 Å². The third-order valence-electron chi connectivity index (χ3n) is 4.94. The van der Waals surface area contributed by atoms with Crippen molar-refractivity contribution in [3.8, 4) is 0 Å². The Bertz CT molecular complexity index is 668. The molecule has 0 aromatic heterocycles. The van der Waals surface area contributed by atoms with Gasteiger partial charge in [-0.05, 0) is 43.7 Å². The van der Waals surface area contributed by atoms with Crippen molar-refractivity contribution in [2.75, 3.05) is 18.1 Å². The van der Waals surface area contributed by atoms with Gasteiger partial charge in [0, 0.05) is 12.6 Å². The van der Waals surface area contributed by atoms with Gasteiger partial charge in [-0.3, -0.25) is 4.79 Å². The molecular formula is C17H23NO3S. The van der Waals surface area contributed by atoms with Crippen LogP contribution in [0.15, 0.2) is 24.3 Å². The molecule has 22 heavy (non-hydrogen) atoms. The van der Waals surface area contributed by atoms with Crippen molar-refractivity contribution >= 4 is 15.7 Å². The first kappa shape index (κ1) is 15.5. The minimum atomic E-state index is -2.97. The summed E-state index contributed by atoms with van der Waals surface area (Å²) in [6.45, 7) is 2.52. The van der Waals surface area contributed by atoms with Crippen molar-refractivity contribution < 1.29 is 13.2 Å². The van der Waals surface area contributed by atoms with Gasteiger partial charge in [-0.2, -0.15) is 0 Å². The van der Waals surface area contributed by atoms with E-state index < -0.39 is 9.84 Å². The number of amides is 1. The van der Waals surface area contributed by atoms with Gasteiger partial charge in [-0.15, -0.1) is 0 Å². The lowest BCUT2D eigenvalue weighted by Gasteiger charge is -2.33. The van der Waals surface area contributed by atoms with E-state index in [2.05, 4.69) is 12.1 Å². The number of carbonyl (C=O) groups excluding carboxylic acids is 1. The lowest BCUT2D eigenvalue weighted by Crippen LogP contribution is -2.44. The lowest BCUT2D eigenvalue weighted by molar-refractivity contribution is -0.134. The predicted molar refractivity (Wildman–Crippen MR) is 86.6 cm³/mol. The zero-order valence-corrected chi connectivity index (χ0v) is 13.8. The number of nitrogens with zero attached hydrogens (tertiary/aromatic N) is 1. The molecular weight excluding hydrogens is 298 g/mol. The number of hydrogen-bond donors (Lipinski definition) is 0.